The van der Waals surface area contributed by atoms with E-state index in [1.165, 1.54) is 24.3 Å². The quantitative estimate of drug-likeness (QED) is 0.762. The van der Waals surface area contributed by atoms with E-state index in [0.29, 0.717) is 30.2 Å². The van der Waals surface area contributed by atoms with Gasteiger partial charge < -0.3 is 25.0 Å². The topological polar surface area (TPSA) is 79.9 Å². The smallest absolute Gasteiger partial charge is 0.257 e. The zero-order valence-electron chi connectivity index (χ0n) is 18.9. The molecule has 0 spiro atoms. The first-order valence-corrected chi connectivity index (χ1v) is 10.6. The van der Waals surface area contributed by atoms with Gasteiger partial charge in [0.05, 0.1) is 11.7 Å². The molecule has 2 N–H and O–H groups in total. The number of nitrogens with zero attached hydrogens (tertiary/aromatic N) is 1. The van der Waals surface area contributed by atoms with E-state index in [2.05, 4.69) is 17.6 Å². The van der Waals surface area contributed by atoms with Gasteiger partial charge in [-0.3, -0.25) is 9.59 Å². The number of anilines is 1. The molecule has 0 aromatic heterocycles. The first kappa shape index (κ1) is 23.7. The Kier molecular flexibility index (Phi) is 7.82. The van der Waals surface area contributed by atoms with Crippen LogP contribution in [0.15, 0.2) is 42.5 Å². The number of nitrogens with one attached hydrogen (secondary N) is 2. The first-order chi connectivity index (χ1) is 15.3. The molecular weight excluding hydrogens is 413 g/mol. The Morgan fingerprint density at radius 2 is 2.03 bits per heavy atom. The predicted molar refractivity (Wildman–Crippen MR) is 121 cm³/mol. The standard InChI is InChI=1S/C24H30FN3O4/c1-15-12-26-16(2)14-32-21-11-19(27-23(29)17-6-5-7-18(25)10-17)8-9-20(21)24(30)28(3)13-22(15)31-4/h5-11,15-16,22,26H,12-14H2,1-4H3,(H,27,29)/t15-,16-,22+/m1/s1. The lowest BCUT2D eigenvalue weighted by atomic mass is 10.0. The highest BCUT2D eigenvalue weighted by Gasteiger charge is 2.25. The van der Waals surface area contributed by atoms with Crippen molar-refractivity contribution in [1.29, 1.82) is 0 Å². The van der Waals surface area contributed by atoms with E-state index in [9.17, 15) is 14.0 Å². The number of rotatable bonds is 3. The number of halogens is 1. The van der Waals surface area contributed by atoms with Gasteiger partial charge in [-0.05, 0) is 43.2 Å². The zero-order chi connectivity index (χ0) is 23.3. The maximum atomic E-state index is 13.4. The van der Waals surface area contributed by atoms with E-state index in [1.54, 1.807) is 37.3 Å². The van der Waals surface area contributed by atoms with Crippen LogP contribution in [0, 0.1) is 11.7 Å². The summed E-state index contributed by atoms with van der Waals surface area (Å²) < 4.78 is 25.0. The summed E-state index contributed by atoms with van der Waals surface area (Å²) in [5, 5.41) is 6.17. The molecule has 32 heavy (non-hydrogen) atoms. The van der Waals surface area contributed by atoms with Gasteiger partial charge in [0.1, 0.15) is 18.2 Å². The van der Waals surface area contributed by atoms with Crippen LogP contribution in [0.3, 0.4) is 0 Å². The molecular formula is C24H30FN3O4. The Morgan fingerprint density at radius 1 is 1.25 bits per heavy atom. The first-order valence-electron chi connectivity index (χ1n) is 10.6. The lowest BCUT2D eigenvalue weighted by molar-refractivity contribution is 0.0281. The SMILES string of the molecule is CO[C@H]1CN(C)C(=O)c2ccc(NC(=O)c3cccc(F)c3)cc2OC[C@@H](C)NC[C@H]1C. The van der Waals surface area contributed by atoms with Crippen molar-refractivity contribution in [1.82, 2.24) is 10.2 Å². The summed E-state index contributed by atoms with van der Waals surface area (Å²) >= 11 is 0. The molecule has 2 aromatic carbocycles. The van der Waals surface area contributed by atoms with Crippen molar-refractivity contribution in [2.24, 2.45) is 5.92 Å². The van der Waals surface area contributed by atoms with Crippen molar-refractivity contribution < 1.29 is 23.5 Å². The fourth-order valence-corrected chi connectivity index (χ4v) is 3.57. The Morgan fingerprint density at radius 3 is 2.75 bits per heavy atom. The molecule has 0 bridgehead atoms. The van der Waals surface area contributed by atoms with Gasteiger partial charge >= 0.3 is 0 Å². The molecule has 3 atom stereocenters. The zero-order valence-corrected chi connectivity index (χ0v) is 18.9. The summed E-state index contributed by atoms with van der Waals surface area (Å²) in [6, 6.07) is 10.4. The average Bonchev–Trinajstić information content (AvgIpc) is 2.78. The number of methoxy groups -OCH3 is 1. The second-order valence-corrected chi connectivity index (χ2v) is 8.23. The second-order valence-electron chi connectivity index (χ2n) is 8.23. The fraction of sp³-hybridized carbons (Fsp3) is 0.417. The Labute approximate surface area is 187 Å². The molecule has 0 radical (unpaired) electrons. The van der Waals surface area contributed by atoms with Gasteiger partial charge in [0.25, 0.3) is 11.8 Å². The summed E-state index contributed by atoms with van der Waals surface area (Å²) in [5.74, 6) is -0.559. The summed E-state index contributed by atoms with van der Waals surface area (Å²) in [6.45, 7) is 5.59. The maximum absolute atomic E-state index is 13.4. The van der Waals surface area contributed by atoms with Crippen molar-refractivity contribution in [3.05, 3.63) is 59.4 Å². The summed E-state index contributed by atoms with van der Waals surface area (Å²) in [6.07, 6.45) is -0.114. The molecule has 0 saturated heterocycles. The maximum Gasteiger partial charge on any atom is 0.257 e. The van der Waals surface area contributed by atoms with Crippen LogP contribution in [0.5, 0.6) is 5.75 Å². The van der Waals surface area contributed by atoms with E-state index in [-0.39, 0.29) is 29.5 Å². The van der Waals surface area contributed by atoms with Crippen LogP contribution in [0.25, 0.3) is 0 Å². The van der Waals surface area contributed by atoms with Crippen molar-refractivity contribution in [3.63, 3.8) is 0 Å². The molecule has 1 aliphatic rings. The van der Waals surface area contributed by atoms with Gasteiger partial charge in [-0.2, -0.15) is 0 Å². The van der Waals surface area contributed by atoms with E-state index < -0.39 is 11.7 Å². The van der Waals surface area contributed by atoms with Crippen molar-refractivity contribution >= 4 is 17.5 Å². The minimum Gasteiger partial charge on any atom is -0.491 e. The van der Waals surface area contributed by atoms with Crippen LogP contribution < -0.4 is 15.4 Å². The van der Waals surface area contributed by atoms with Crippen LogP contribution >= 0.6 is 0 Å². The molecule has 1 heterocycles. The molecule has 7 nitrogen and oxygen atoms in total. The molecule has 0 fully saturated rings. The number of carbonyl (C=O) groups excluding carboxylic acids is 2. The third kappa shape index (κ3) is 5.83. The van der Waals surface area contributed by atoms with Gasteiger partial charge in [-0.15, -0.1) is 0 Å². The molecule has 0 aliphatic carbocycles. The molecule has 0 unspecified atom stereocenters. The number of hydrogen-bond acceptors (Lipinski definition) is 5. The summed E-state index contributed by atoms with van der Waals surface area (Å²) in [4.78, 5) is 27.2. The van der Waals surface area contributed by atoms with E-state index in [0.717, 1.165) is 6.54 Å². The molecule has 3 rings (SSSR count). The Hall–Kier alpha value is -2.97. The minimum absolute atomic E-state index is 0.0422. The van der Waals surface area contributed by atoms with Crippen LogP contribution in [-0.2, 0) is 4.74 Å². The van der Waals surface area contributed by atoms with Gasteiger partial charge in [0.15, 0.2) is 0 Å². The van der Waals surface area contributed by atoms with E-state index >= 15 is 0 Å². The third-order valence-electron chi connectivity index (χ3n) is 5.57. The number of benzene rings is 2. The molecule has 8 heteroatoms. The minimum atomic E-state index is -0.489. The van der Waals surface area contributed by atoms with Crippen LogP contribution in [0.4, 0.5) is 10.1 Å². The molecule has 1 aliphatic heterocycles. The highest BCUT2D eigenvalue weighted by molar-refractivity contribution is 6.05. The lowest BCUT2D eigenvalue weighted by Crippen LogP contribution is -2.44. The van der Waals surface area contributed by atoms with Crippen molar-refractivity contribution in [2.45, 2.75) is 26.0 Å². The number of fused-ring (bicyclic) bond motifs is 1. The van der Waals surface area contributed by atoms with Crippen molar-refractivity contribution in [3.8, 4) is 5.75 Å². The Balaban J connectivity index is 1.87. The van der Waals surface area contributed by atoms with Crippen LogP contribution in [-0.4, -0.2) is 62.7 Å². The van der Waals surface area contributed by atoms with E-state index in [4.69, 9.17) is 9.47 Å². The van der Waals surface area contributed by atoms with Gasteiger partial charge in [0.2, 0.25) is 0 Å². The third-order valence-corrected chi connectivity index (χ3v) is 5.57. The molecule has 172 valence electrons. The summed E-state index contributed by atoms with van der Waals surface area (Å²) in [5.41, 5.74) is 1.04. The lowest BCUT2D eigenvalue weighted by Gasteiger charge is -2.30. The fourth-order valence-electron chi connectivity index (χ4n) is 3.57. The van der Waals surface area contributed by atoms with Gasteiger partial charge in [0, 0.05) is 50.6 Å². The molecule has 2 amide bonds. The van der Waals surface area contributed by atoms with E-state index in [1.807, 2.05) is 6.92 Å². The van der Waals surface area contributed by atoms with Gasteiger partial charge in [-0.25, -0.2) is 4.39 Å². The van der Waals surface area contributed by atoms with Crippen LogP contribution in [0.1, 0.15) is 34.6 Å². The molecule has 0 saturated carbocycles. The normalized spacial score (nSPS) is 22.2. The highest BCUT2D eigenvalue weighted by atomic mass is 19.1. The summed E-state index contributed by atoms with van der Waals surface area (Å²) in [7, 11) is 3.38. The highest BCUT2D eigenvalue weighted by Crippen LogP contribution is 2.26. The largest absolute Gasteiger partial charge is 0.491 e. The van der Waals surface area contributed by atoms with Crippen LogP contribution in [0.2, 0.25) is 0 Å². The number of carbonyl (C=O) groups is 2. The number of likely N-dealkylation sites (N-methyl/N-ethyl adjacent to an activating group) is 1. The second kappa shape index (κ2) is 10.6. The average molecular weight is 444 g/mol. The van der Waals surface area contributed by atoms with Gasteiger partial charge in [-0.1, -0.05) is 13.0 Å². The number of ether oxygens (including phenoxy) is 2. The molecule has 2 aromatic rings. The monoisotopic (exact) mass is 443 g/mol. The van der Waals surface area contributed by atoms with Crippen molar-refractivity contribution in [2.75, 3.05) is 39.2 Å². The predicted octanol–water partition coefficient (Wildman–Crippen LogP) is 3.17. The number of amides is 2. The Bertz CT molecular complexity index is 968. The number of hydrogen-bond donors (Lipinski definition) is 2.